The Labute approximate surface area is 307 Å². The number of carbonyl (C=O) groups excluding carboxylic acids is 8. The number of fused-ring (bicyclic) bond motifs is 4. The minimum atomic E-state index is -0.842. The van der Waals surface area contributed by atoms with Gasteiger partial charge in [0, 0.05) is 60.7 Å². The van der Waals surface area contributed by atoms with Gasteiger partial charge in [0.25, 0.3) is 0 Å². The molecule has 0 saturated heterocycles. The number of Topliss-reactive ketones (excluding diaryl/α,β-unsaturated/α-hetero) is 2. The molecule has 278 valence electrons. The summed E-state index contributed by atoms with van der Waals surface area (Å²) in [5, 5.41) is -0.148. The summed E-state index contributed by atoms with van der Waals surface area (Å²) in [7, 11) is 0. The molecule has 0 amide bonds. The van der Waals surface area contributed by atoms with E-state index < -0.39 is 59.5 Å². The second kappa shape index (κ2) is 13.8. The lowest BCUT2D eigenvalue weighted by Crippen LogP contribution is -2.34. The van der Waals surface area contributed by atoms with Crippen LogP contribution in [0.1, 0.15) is 96.8 Å². The second-order valence-corrected chi connectivity index (χ2v) is 13.2. The number of benzene rings is 4. The van der Waals surface area contributed by atoms with E-state index in [1.165, 1.54) is 24.3 Å². The molecule has 0 fully saturated rings. The number of ether oxygens (including phenoxy) is 6. The smallest absolute Gasteiger partial charge is 0.308 e. The highest BCUT2D eigenvalue weighted by Crippen LogP contribution is 2.54. The van der Waals surface area contributed by atoms with Crippen LogP contribution in [0.2, 0.25) is 0 Å². The number of hydrogen-bond donors (Lipinski definition) is 0. The molecule has 4 aromatic carbocycles. The fraction of sp³-hybridized carbons (Fsp3) is 0.300. The lowest BCUT2D eigenvalue weighted by Gasteiger charge is -2.31. The molecule has 54 heavy (non-hydrogen) atoms. The average Bonchev–Trinajstić information content (AvgIpc) is 3.08. The molecular weight excluding hydrogens is 704 g/mol. The van der Waals surface area contributed by atoms with Crippen LogP contribution in [-0.2, 0) is 19.2 Å². The van der Waals surface area contributed by atoms with Crippen molar-refractivity contribution in [2.75, 3.05) is 0 Å². The summed E-state index contributed by atoms with van der Waals surface area (Å²) in [4.78, 5) is 104. The molecule has 0 spiro atoms. The van der Waals surface area contributed by atoms with Crippen LogP contribution in [0.5, 0.6) is 34.5 Å². The summed E-state index contributed by atoms with van der Waals surface area (Å²) in [6.45, 7) is 11.0. The summed E-state index contributed by atoms with van der Waals surface area (Å²) in [6.07, 6.45) is -0.438. The SMILES string of the molecule is CC(=O)Oc1cc(C=O)c(-c2c(C=O)cc(OC(C)=O)c3c(OC(C)=O)c4c(cc23)OC(C)C(C)C4=O)c2cc3c(c(OC(C)=O)c12)C(=O)C(C)C(C)O3. The van der Waals surface area contributed by atoms with Crippen LogP contribution in [0.4, 0.5) is 0 Å². The first kappa shape index (κ1) is 37.3. The number of ketones is 2. The molecule has 14 nitrogen and oxygen atoms in total. The Morgan fingerprint density at radius 3 is 1.17 bits per heavy atom. The van der Waals surface area contributed by atoms with Crippen molar-refractivity contribution in [3.05, 3.63) is 46.5 Å². The quantitative estimate of drug-likeness (QED) is 0.118. The molecule has 0 saturated carbocycles. The average molecular weight is 739 g/mol. The zero-order valence-corrected chi connectivity index (χ0v) is 30.5. The van der Waals surface area contributed by atoms with E-state index in [2.05, 4.69) is 0 Å². The fourth-order valence-corrected chi connectivity index (χ4v) is 6.88. The Kier molecular flexibility index (Phi) is 9.57. The molecule has 2 heterocycles. The number of rotatable bonds is 7. The van der Waals surface area contributed by atoms with E-state index in [-0.39, 0.29) is 89.4 Å². The van der Waals surface area contributed by atoms with Crippen molar-refractivity contribution in [3.8, 4) is 45.6 Å². The molecule has 14 heteroatoms. The third-order valence-electron chi connectivity index (χ3n) is 9.53. The Balaban J connectivity index is 1.92. The molecule has 4 atom stereocenters. The van der Waals surface area contributed by atoms with Gasteiger partial charge in [-0.2, -0.15) is 0 Å². The maximum absolute atomic E-state index is 13.8. The summed E-state index contributed by atoms with van der Waals surface area (Å²) in [6, 6.07) is 5.17. The molecule has 0 aromatic heterocycles. The Morgan fingerprint density at radius 1 is 0.537 bits per heavy atom. The van der Waals surface area contributed by atoms with Crippen molar-refractivity contribution in [1.29, 1.82) is 0 Å². The van der Waals surface area contributed by atoms with E-state index in [0.29, 0.717) is 12.6 Å². The van der Waals surface area contributed by atoms with Gasteiger partial charge in [0.15, 0.2) is 35.6 Å². The number of esters is 4. The van der Waals surface area contributed by atoms with E-state index >= 15 is 0 Å². The second-order valence-electron chi connectivity index (χ2n) is 13.2. The Bertz CT molecular complexity index is 2240. The van der Waals surface area contributed by atoms with E-state index in [0.717, 1.165) is 27.7 Å². The van der Waals surface area contributed by atoms with Crippen LogP contribution >= 0.6 is 0 Å². The monoisotopic (exact) mass is 738 g/mol. The Hall–Kier alpha value is -6.44. The topological polar surface area (TPSA) is 192 Å². The first-order chi connectivity index (χ1) is 25.5. The molecule has 0 radical (unpaired) electrons. The summed E-state index contributed by atoms with van der Waals surface area (Å²) >= 11 is 0. The van der Waals surface area contributed by atoms with Crippen LogP contribution in [-0.4, -0.2) is 60.2 Å². The molecule has 0 aliphatic carbocycles. The molecule has 4 unspecified atom stereocenters. The van der Waals surface area contributed by atoms with Gasteiger partial charge >= 0.3 is 23.9 Å². The van der Waals surface area contributed by atoms with Crippen LogP contribution in [0.25, 0.3) is 32.7 Å². The molecule has 2 aliphatic heterocycles. The maximum atomic E-state index is 13.8. The standard InChI is InChI=1S/C40H34O14/c1-15-17(3)49-29-11-25-31(23(13-41)9-27(51-19(5)43)33(25)39(53-21(7)45)35(29)37(15)47)32-24(14-42)10-28(52-20(6)44)34-26(32)12-30-36(40(34)54-22(8)46)38(48)16(2)18(4)50-30/h9-18H,1-8H3. The van der Waals surface area contributed by atoms with Gasteiger partial charge in [0.2, 0.25) is 0 Å². The molecule has 6 rings (SSSR count). The summed E-state index contributed by atoms with van der Waals surface area (Å²) in [5.74, 6) is -6.80. The third kappa shape index (κ3) is 6.12. The van der Waals surface area contributed by atoms with Crippen LogP contribution < -0.4 is 28.4 Å². The maximum Gasteiger partial charge on any atom is 0.308 e. The highest BCUT2D eigenvalue weighted by atomic mass is 16.6. The van der Waals surface area contributed by atoms with Crippen LogP contribution in [0.3, 0.4) is 0 Å². The van der Waals surface area contributed by atoms with Gasteiger partial charge in [-0.15, -0.1) is 0 Å². The summed E-state index contributed by atoms with van der Waals surface area (Å²) in [5.41, 5.74) is -0.596. The van der Waals surface area contributed by atoms with Gasteiger partial charge < -0.3 is 28.4 Å². The zero-order valence-electron chi connectivity index (χ0n) is 30.5. The normalized spacial score (nSPS) is 18.8. The molecule has 0 bridgehead atoms. The molecule has 2 aliphatic rings. The van der Waals surface area contributed by atoms with Crippen molar-refractivity contribution in [2.45, 2.75) is 67.6 Å². The highest BCUT2D eigenvalue weighted by molar-refractivity contribution is 6.23. The van der Waals surface area contributed by atoms with Gasteiger partial charge in [0.05, 0.1) is 22.6 Å². The fourth-order valence-electron chi connectivity index (χ4n) is 6.88. The van der Waals surface area contributed by atoms with Gasteiger partial charge in [-0.25, -0.2) is 0 Å². The number of aldehydes is 2. The van der Waals surface area contributed by atoms with Crippen molar-refractivity contribution in [1.82, 2.24) is 0 Å². The van der Waals surface area contributed by atoms with Gasteiger partial charge in [-0.1, -0.05) is 13.8 Å². The Morgan fingerprint density at radius 2 is 0.870 bits per heavy atom. The van der Waals surface area contributed by atoms with E-state index in [1.54, 1.807) is 27.7 Å². The van der Waals surface area contributed by atoms with Crippen molar-refractivity contribution in [2.24, 2.45) is 11.8 Å². The lowest BCUT2D eigenvalue weighted by atomic mass is 9.82. The third-order valence-corrected chi connectivity index (χ3v) is 9.53. The van der Waals surface area contributed by atoms with Gasteiger partial charge in [-0.05, 0) is 38.1 Å². The highest BCUT2D eigenvalue weighted by Gasteiger charge is 2.40. The minimum Gasteiger partial charge on any atom is -0.489 e. The van der Waals surface area contributed by atoms with Crippen LogP contribution in [0.15, 0.2) is 24.3 Å². The van der Waals surface area contributed by atoms with Crippen molar-refractivity contribution < 1.29 is 66.8 Å². The van der Waals surface area contributed by atoms with Gasteiger partial charge in [0.1, 0.15) is 46.3 Å². The zero-order chi connectivity index (χ0) is 39.5. The molecule has 4 aromatic rings. The van der Waals surface area contributed by atoms with E-state index in [4.69, 9.17) is 28.4 Å². The first-order valence-corrected chi connectivity index (χ1v) is 16.9. The lowest BCUT2D eigenvalue weighted by molar-refractivity contribution is -0.133. The van der Waals surface area contributed by atoms with Crippen LogP contribution in [0, 0.1) is 11.8 Å². The number of carbonyl (C=O) groups is 8. The predicted molar refractivity (Wildman–Crippen MR) is 190 cm³/mol. The molecule has 0 N–H and O–H groups in total. The van der Waals surface area contributed by atoms with E-state index in [9.17, 15) is 38.4 Å². The van der Waals surface area contributed by atoms with Gasteiger partial charge in [-0.3, -0.25) is 38.4 Å². The van der Waals surface area contributed by atoms with E-state index in [1.807, 2.05) is 0 Å². The summed E-state index contributed by atoms with van der Waals surface area (Å²) < 4.78 is 34.8. The predicted octanol–water partition coefficient (Wildman–Crippen LogP) is 6.19. The van der Waals surface area contributed by atoms with Crippen molar-refractivity contribution >= 4 is 69.6 Å². The van der Waals surface area contributed by atoms with Crippen molar-refractivity contribution in [3.63, 3.8) is 0 Å². The minimum absolute atomic E-state index is 0.0202. The first-order valence-electron chi connectivity index (χ1n) is 16.9. The number of hydrogen-bond acceptors (Lipinski definition) is 14. The largest absolute Gasteiger partial charge is 0.489 e. The molecular formula is C40H34O14.